The number of hydrogen-bond acceptors (Lipinski definition) is 3. The van der Waals surface area contributed by atoms with Gasteiger partial charge in [-0.25, -0.2) is 0 Å². The molecule has 1 heterocycles. The van der Waals surface area contributed by atoms with Crippen molar-refractivity contribution in [1.29, 1.82) is 0 Å². The first-order valence-corrected chi connectivity index (χ1v) is 8.62. The van der Waals surface area contributed by atoms with Crippen molar-refractivity contribution in [2.75, 3.05) is 13.1 Å². The summed E-state index contributed by atoms with van der Waals surface area (Å²) in [5, 5.41) is 9.71. The summed E-state index contributed by atoms with van der Waals surface area (Å²) in [5.41, 5.74) is 0.727. The number of pyridine rings is 1. The molecular weight excluding hydrogens is 276 g/mol. The number of nitrogens with zero attached hydrogens (tertiary/aromatic N) is 2. The van der Waals surface area contributed by atoms with Gasteiger partial charge in [0.25, 0.3) is 0 Å². The molecule has 0 saturated carbocycles. The Hall–Kier alpha value is -1.29. The summed E-state index contributed by atoms with van der Waals surface area (Å²) in [6.07, 6.45) is 6.30. The molecule has 0 aliphatic carbocycles. The van der Waals surface area contributed by atoms with Crippen LogP contribution in [0.15, 0.2) is 17.1 Å². The van der Waals surface area contributed by atoms with Gasteiger partial charge in [0, 0.05) is 24.8 Å². The minimum atomic E-state index is -0.277. The van der Waals surface area contributed by atoms with Crippen LogP contribution in [0.5, 0.6) is 5.75 Å². The van der Waals surface area contributed by atoms with E-state index in [-0.39, 0.29) is 11.2 Å². The van der Waals surface area contributed by atoms with Gasteiger partial charge in [-0.15, -0.1) is 0 Å². The summed E-state index contributed by atoms with van der Waals surface area (Å²) < 4.78 is 2.03. The zero-order chi connectivity index (χ0) is 16.5. The third kappa shape index (κ3) is 6.22. The second kappa shape index (κ2) is 9.67. The van der Waals surface area contributed by atoms with Gasteiger partial charge >= 0.3 is 0 Å². The maximum Gasteiger partial charge on any atom is 0.223 e. The van der Waals surface area contributed by atoms with Crippen molar-refractivity contribution in [2.45, 2.75) is 66.5 Å². The molecule has 1 rings (SSSR count). The first-order valence-electron chi connectivity index (χ1n) is 8.62. The van der Waals surface area contributed by atoms with E-state index >= 15 is 0 Å². The van der Waals surface area contributed by atoms with E-state index < -0.39 is 0 Å². The van der Waals surface area contributed by atoms with E-state index in [9.17, 15) is 9.90 Å². The zero-order valence-electron chi connectivity index (χ0n) is 14.6. The Morgan fingerprint density at radius 2 is 1.77 bits per heavy atom. The average Bonchev–Trinajstić information content (AvgIpc) is 2.46. The predicted molar refractivity (Wildman–Crippen MR) is 92.3 cm³/mol. The second-order valence-corrected chi connectivity index (χ2v) is 6.54. The molecule has 0 amide bonds. The fourth-order valence-electron chi connectivity index (χ4n) is 2.56. The van der Waals surface area contributed by atoms with Crippen LogP contribution in [0.1, 0.15) is 59.1 Å². The van der Waals surface area contributed by atoms with Crippen LogP contribution in [0, 0.1) is 5.92 Å². The smallest absolute Gasteiger partial charge is 0.223 e. The second-order valence-electron chi connectivity index (χ2n) is 6.54. The molecule has 126 valence electrons. The van der Waals surface area contributed by atoms with Gasteiger partial charge in [-0.2, -0.15) is 0 Å². The Kier molecular flexibility index (Phi) is 8.25. The number of aromatic hydroxyl groups is 1. The first-order chi connectivity index (χ1) is 10.5. The van der Waals surface area contributed by atoms with Crippen LogP contribution in [0.3, 0.4) is 0 Å². The molecule has 1 aromatic rings. The molecule has 0 saturated heterocycles. The van der Waals surface area contributed by atoms with Crippen LogP contribution in [0.2, 0.25) is 0 Å². The SMILES string of the molecule is CCCCN(CCCC)Cc1cc(=O)c(O)cn1CC(C)C. The van der Waals surface area contributed by atoms with Gasteiger partial charge in [-0.05, 0) is 31.8 Å². The van der Waals surface area contributed by atoms with Gasteiger partial charge in [0.1, 0.15) is 0 Å². The lowest BCUT2D eigenvalue weighted by molar-refractivity contribution is 0.248. The van der Waals surface area contributed by atoms with Crippen molar-refractivity contribution in [1.82, 2.24) is 9.47 Å². The van der Waals surface area contributed by atoms with Crippen molar-refractivity contribution in [3.05, 3.63) is 28.2 Å². The maximum atomic E-state index is 11.8. The van der Waals surface area contributed by atoms with Crippen LogP contribution in [-0.4, -0.2) is 27.7 Å². The lowest BCUT2D eigenvalue weighted by Gasteiger charge is -2.25. The number of unbranched alkanes of at least 4 members (excludes halogenated alkanes) is 2. The molecule has 0 atom stereocenters. The van der Waals surface area contributed by atoms with Crippen LogP contribution in [-0.2, 0) is 13.1 Å². The van der Waals surface area contributed by atoms with E-state index in [0.29, 0.717) is 5.92 Å². The third-order valence-corrected chi connectivity index (χ3v) is 3.80. The van der Waals surface area contributed by atoms with E-state index in [4.69, 9.17) is 0 Å². The Morgan fingerprint density at radius 1 is 1.18 bits per heavy atom. The number of hydrogen-bond donors (Lipinski definition) is 1. The van der Waals surface area contributed by atoms with E-state index in [0.717, 1.165) is 31.9 Å². The summed E-state index contributed by atoms with van der Waals surface area (Å²) in [7, 11) is 0. The molecule has 0 radical (unpaired) electrons. The highest BCUT2D eigenvalue weighted by Crippen LogP contribution is 2.12. The molecule has 0 aromatic carbocycles. The lowest BCUT2D eigenvalue weighted by Crippen LogP contribution is -2.28. The lowest BCUT2D eigenvalue weighted by atomic mass is 10.2. The molecular formula is C18H32N2O2. The normalized spacial score (nSPS) is 11.5. The largest absolute Gasteiger partial charge is 0.503 e. The van der Waals surface area contributed by atoms with Crippen molar-refractivity contribution < 1.29 is 5.11 Å². The molecule has 4 nitrogen and oxygen atoms in total. The monoisotopic (exact) mass is 308 g/mol. The van der Waals surface area contributed by atoms with Crippen LogP contribution < -0.4 is 5.43 Å². The zero-order valence-corrected chi connectivity index (χ0v) is 14.6. The van der Waals surface area contributed by atoms with Crippen LogP contribution in [0.25, 0.3) is 0 Å². The average molecular weight is 308 g/mol. The van der Waals surface area contributed by atoms with Gasteiger partial charge in [-0.3, -0.25) is 9.69 Å². The number of rotatable bonds is 10. The van der Waals surface area contributed by atoms with Gasteiger partial charge in [-0.1, -0.05) is 40.5 Å². The minimum Gasteiger partial charge on any atom is -0.503 e. The Balaban J connectivity index is 2.94. The molecule has 0 bridgehead atoms. The van der Waals surface area contributed by atoms with E-state index in [1.54, 1.807) is 12.3 Å². The quantitative estimate of drug-likeness (QED) is 0.718. The highest BCUT2D eigenvalue weighted by atomic mass is 16.3. The topological polar surface area (TPSA) is 45.5 Å². The first kappa shape index (κ1) is 18.8. The maximum absolute atomic E-state index is 11.8. The van der Waals surface area contributed by atoms with Gasteiger partial charge in [0.15, 0.2) is 5.75 Å². The summed E-state index contributed by atoms with van der Waals surface area (Å²) >= 11 is 0. The molecule has 0 spiro atoms. The summed E-state index contributed by atoms with van der Waals surface area (Å²) in [6.45, 7) is 12.4. The molecule has 0 unspecified atom stereocenters. The summed E-state index contributed by atoms with van der Waals surface area (Å²) in [6, 6.07) is 1.60. The highest BCUT2D eigenvalue weighted by Gasteiger charge is 2.11. The van der Waals surface area contributed by atoms with Crippen molar-refractivity contribution in [2.24, 2.45) is 5.92 Å². The van der Waals surface area contributed by atoms with Crippen molar-refractivity contribution in [3.8, 4) is 5.75 Å². The highest BCUT2D eigenvalue weighted by molar-refractivity contribution is 5.20. The third-order valence-electron chi connectivity index (χ3n) is 3.80. The predicted octanol–water partition coefficient (Wildman–Crippen LogP) is 3.61. The van der Waals surface area contributed by atoms with Crippen molar-refractivity contribution >= 4 is 0 Å². The van der Waals surface area contributed by atoms with E-state index in [1.165, 1.54) is 25.7 Å². The Morgan fingerprint density at radius 3 is 2.27 bits per heavy atom. The van der Waals surface area contributed by atoms with E-state index in [2.05, 4.69) is 32.6 Å². The fourth-order valence-corrected chi connectivity index (χ4v) is 2.56. The Labute approximate surface area is 134 Å². The molecule has 0 aliphatic heterocycles. The molecule has 0 aliphatic rings. The van der Waals surface area contributed by atoms with Crippen LogP contribution >= 0.6 is 0 Å². The summed E-state index contributed by atoms with van der Waals surface area (Å²) in [4.78, 5) is 14.2. The molecule has 1 aromatic heterocycles. The fraction of sp³-hybridized carbons (Fsp3) is 0.722. The minimum absolute atomic E-state index is 0.155. The van der Waals surface area contributed by atoms with Crippen LogP contribution in [0.4, 0.5) is 0 Å². The van der Waals surface area contributed by atoms with Gasteiger partial charge in [0.05, 0.1) is 6.20 Å². The molecule has 1 N–H and O–H groups in total. The van der Waals surface area contributed by atoms with Crippen molar-refractivity contribution in [3.63, 3.8) is 0 Å². The molecule has 22 heavy (non-hydrogen) atoms. The van der Waals surface area contributed by atoms with E-state index in [1.807, 2.05) is 4.57 Å². The summed E-state index contributed by atoms with van der Waals surface area (Å²) in [5.74, 6) is 0.318. The molecule has 4 heteroatoms. The van der Waals surface area contributed by atoms with Gasteiger partial charge < -0.3 is 9.67 Å². The Bertz CT molecular complexity index is 486. The number of aromatic nitrogens is 1. The molecule has 0 fully saturated rings. The van der Waals surface area contributed by atoms with Gasteiger partial charge in [0.2, 0.25) is 5.43 Å². The standard InChI is InChI=1S/C18H32N2O2/c1-5-7-9-19(10-8-6-2)13-16-11-17(21)18(22)14-20(16)12-15(3)4/h11,14-15,22H,5-10,12-13H2,1-4H3.